The second-order valence-corrected chi connectivity index (χ2v) is 7.84. The molecule has 0 aliphatic heterocycles. The third-order valence-corrected chi connectivity index (χ3v) is 5.57. The van der Waals surface area contributed by atoms with Crippen LogP contribution in [0.5, 0.6) is 0 Å². The van der Waals surface area contributed by atoms with Gasteiger partial charge in [0.2, 0.25) is 5.91 Å². The second kappa shape index (κ2) is 9.75. The van der Waals surface area contributed by atoms with Crippen molar-refractivity contribution < 1.29 is 9.18 Å². The second-order valence-electron chi connectivity index (χ2n) is 7.43. The van der Waals surface area contributed by atoms with E-state index in [1.54, 1.807) is 22.8 Å². The first-order chi connectivity index (χ1) is 15.5. The number of carbonyl (C=O) groups is 1. The zero-order chi connectivity index (χ0) is 22.5. The van der Waals surface area contributed by atoms with E-state index in [-0.39, 0.29) is 36.7 Å². The third kappa shape index (κ3) is 5.03. The van der Waals surface area contributed by atoms with Gasteiger partial charge in [-0.1, -0.05) is 54.1 Å². The number of fused-ring (bicyclic) bond motifs is 1. The lowest BCUT2D eigenvalue weighted by molar-refractivity contribution is -0.121. The predicted molar refractivity (Wildman–Crippen MR) is 123 cm³/mol. The Morgan fingerprint density at radius 2 is 1.72 bits per heavy atom. The molecule has 0 saturated carbocycles. The maximum atomic E-state index is 13.3. The van der Waals surface area contributed by atoms with Gasteiger partial charge in [-0.25, -0.2) is 9.37 Å². The van der Waals surface area contributed by atoms with Crippen LogP contribution in [-0.2, 0) is 24.3 Å². The summed E-state index contributed by atoms with van der Waals surface area (Å²) in [5.74, 6) is -0.520. The number of nitrogens with zero attached hydrogens (tertiary/aromatic N) is 2. The van der Waals surface area contributed by atoms with Crippen LogP contribution in [0.3, 0.4) is 0 Å². The van der Waals surface area contributed by atoms with Gasteiger partial charge in [0.05, 0.1) is 17.6 Å². The first-order valence-electron chi connectivity index (χ1n) is 10.2. The summed E-state index contributed by atoms with van der Waals surface area (Å²) in [5, 5.41) is 3.42. The number of hydrogen-bond acceptors (Lipinski definition) is 3. The third-order valence-electron chi connectivity index (χ3n) is 5.20. The van der Waals surface area contributed by atoms with E-state index < -0.39 is 0 Å². The number of para-hydroxylation sites is 2. The Labute approximate surface area is 189 Å². The van der Waals surface area contributed by atoms with Gasteiger partial charge in [0.15, 0.2) is 0 Å². The average Bonchev–Trinajstić information content (AvgIpc) is 2.80. The van der Waals surface area contributed by atoms with Crippen molar-refractivity contribution in [3.8, 4) is 0 Å². The van der Waals surface area contributed by atoms with Gasteiger partial charge in [-0.15, -0.1) is 0 Å². The summed E-state index contributed by atoms with van der Waals surface area (Å²) in [7, 11) is 0. The number of halogens is 2. The Morgan fingerprint density at radius 3 is 2.50 bits per heavy atom. The molecule has 0 radical (unpaired) electrons. The minimum absolute atomic E-state index is 0.127. The van der Waals surface area contributed by atoms with E-state index >= 15 is 0 Å². The fraction of sp³-hybridized carbons (Fsp3) is 0.160. The van der Waals surface area contributed by atoms with Gasteiger partial charge in [-0.3, -0.25) is 9.59 Å². The molecule has 0 atom stereocenters. The molecule has 0 saturated heterocycles. The van der Waals surface area contributed by atoms with E-state index in [4.69, 9.17) is 11.6 Å². The van der Waals surface area contributed by atoms with Gasteiger partial charge in [-0.05, 0) is 41.5 Å². The average molecular weight is 450 g/mol. The molecule has 0 fully saturated rings. The number of benzene rings is 3. The predicted octanol–water partition coefficient (Wildman–Crippen LogP) is 4.49. The highest BCUT2D eigenvalue weighted by Gasteiger charge is 2.13. The summed E-state index contributed by atoms with van der Waals surface area (Å²) in [5.41, 5.74) is 3.04. The van der Waals surface area contributed by atoms with Crippen LogP contribution in [0.2, 0.25) is 5.02 Å². The topological polar surface area (TPSA) is 64.0 Å². The summed E-state index contributed by atoms with van der Waals surface area (Å²) in [6, 6.07) is 20.7. The zero-order valence-corrected chi connectivity index (χ0v) is 18.0. The van der Waals surface area contributed by atoms with Crippen molar-refractivity contribution in [1.82, 2.24) is 14.9 Å². The van der Waals surface area contributed by atoms with Crippen LogP contribution < -0.4 is 10.9 Å². The van der Waals surface area contributed by atoms with Crippen molar-refractivity contribution in [2.75, 3.05) is 0 Å². The van der Waals surface area contributed by atoms with Crippen LogP contribution in [0.15, 0.2) is 77.6 Å². The maximum Gasteiger partial charge on any atom is 0.273 e. The molecular formula is C25H21ClFN3O2. The fourth-order valence-electron chi connectivity index (χ4n) is 3.49. The van der Waals surface area contributed by atoms with Gasteiger partial charge in [0, 0.05) is 24.4 Å². The molecule has 3 aromatic carbocycles. The first kappa shape index (κ1) is 21.7. The van der Waals surface area contributed by atoms with E-state index in [0.717, 1.165) is 11.1 Å². The summed E-state index contributed by atoms with van der Waals surface area (Å²) < 4.78 is 14.9. The Bertz CT molecular complexity index is 1320. The maximum absolute atomic E-state index is 13.3. The van der Waals surface area contributed by atoms with Crippen LogP contribution in [0, 0.1) is 5.82 Å². The summed E-state index contributed by atoms with van der Waals surface area (Å²) in [4.78, 5) is 30.0. The van der Waals surface area contributed by atoms with Gasteiger partial charge in [-0.2, -0.15) is 0 Å². The van der Waals surface area contributed by atoms with Crippen LogP contribution in [0.1, 0.15) is 23.2 Å². The molecule has 162 valence electrons. The van der Waals surface area contributed by atoms with E-state index in [1.807, 2.05) is 42.5 Å². The molecule has 4 rings (SSSR count). The smallest absolute Gasteiger partial charge is 0.273 e. The standard InChI is InChI=1S/C25H21ClFN3O2/c26-20-6-2-1-5-18(20)15-28-24(31)14-13-22-25(32)30(16-17-9-11-19(27)12-10-17)23-8-4-3-7-21(23)29-22/h1-12H,13-16H2,(H,28,31). The number of nitrogens with one attached hydrogen (secondary N) is 1. The normalized spacial score (nSPS) is 10.9. The lowest BCUT2D eigenvalue weighted by Crippen LogP contribution is -2.28. The molecule has 0 aliphatic carbocycles. The lowest BCUT2D eigenvalue weighted by Gasteiger charge is -2.13. The zero-order valence-electron chi connectivity index (χ0n) is 17.2. The van der Waals surface area contributed by atoms with E-state index in [0.29, 0.717) is 28.3 Å². The number of aromatic nitrogens is 2. The first-order valence-corrected chi connectivity index (χ1v) is 10.6. The number of rotatable bonds is 7. The van der Waals surface area contributed by atoms with Crippen molar-refractivity contribution in [2.24, 2.45) is 0 Å². The van der Waals surface area contributed by atoms with Gasteiger partial charge in [0.1, 0.15) is 11.5 Å². The van der Waals surface area contributed by atoms with E-state index in [2.05, 4.69) is 10.3 Å². The highest BCUT2D eigenvalue weighted by atomic mass is 35.5. The Morgan fingerprint density at radius 1 is 1.00 bits per heavy atom. The van der Waals surface area contributed by atoms with Gasteiger partial charge < -0.3 is 9.88 Å². The molecule has 1 aromatic heterocycles. The molecular weight excluding hydrogens is 429 g/mol. The van der Waals surface area contributed by atoms with Crippen molar-refractivity contribution in [2.45, 2.75) is 25.9 Å². The molecule has 5 nitrogen and oxygen atoms in total. The van der Waals surface area contributed by atoms with Crippen molar-refractivity contribution >= 4 is 28.5 Å². The molecule has 4 aromatic rings. The highest BCUT2D eigenvalue weighted by Crippen LogP contribution is 2.15. The summed E-state index contributed by atoms with van der Waals surface area (Å²) in [6.07, 6.45) is 0.336. The Balaban J connectivity index is 1.53. The molecule has 1 heterocycles. The molecule has 0 unspecified atom stereocenters. The molecule has 32 heavy (non-hydrogen) atoms. The minimum Gasteiger partial charge on any atom is -0.352 e. The molecule has 1 amide bonds. The highest BCUT2D eigenvalue weighted by molar-refractivity contribution is 6.31. The van der Waals surface area contributed by atoms with Crippen LogP contribution >= 0.6 is 11.6 Å². The largest absolute Gasteiger partial charge is 0.352 e. The van der Waals surface area contributed by atoms with Crippen molar-refractivity contribution in [3.63, 3.8) is 0 Å². The lowest BCUT2D eigenvalue weighted by atomic mass is 10.1. The number of aryl methyl sites for hydroxylation is 1. The fourth-order valence-corrected chi connectivity index (χ4v) is 3.70. The molecule has 0 spiro atoms. The van der Waals surface area contributed by atoms with Gasteiger partial charge in [0.25, 0.3) is 5.56 Å². The summed E-state index contributed by atoms with van der Waals surface area (Å²) >= 11 is 6.12. The quantitative estimate of drug-likeness (QED) is 0.452. The van der Waals surface area contributed by atoms with Gasteiger partial charge >= 0.3 is 0 Å². The molecule has 7 heteroatoms. The molecule has 0 aliphatic rings. The van der Waals surface area contributed by atoms with Crippen LogP contribution in [0.4, 0.5) is 4.39 Å². The Kier molecular flexibility index (Phi) is 6.61. The number of amides is 1. The van der Waals surface area contributed by atoms with Crippen molar-refractivity contribution in [3.05, 3.63) is 111 Å². The van der Waals surface area contributed by atoms with Crippen LogP contribution in [-0.4, -0.2) is 15.5 Å². The Hall–Kier alpha value is -3.51. The van der Waals surface area contributed by atoms with E-state index in [1.165, 1.54) is 12.1 Å². The molecule has 0 bridgehead atoms. The van der Waals surface area contributed by atoms with E-state index in [9.17, 15) is 14.0 Å². The van der Waals surface area contributed by atoms with Crippen LogP contribution in [0.25, 0.3) is 11.0 Å². The number of hydrogen-bond donors (Lipinski definition) is 1. The summed E-state index contributed by atoms with van der Waals surface area (Å²) in [6.45, 7) is 0.603. The molecule has 1 N–H and O–H groups in total. The van der Waals surface area contributed by atoms with Crippen molar-refractivity contribution in [1.29, 1.82) is 0 Å². The monoisotopic (exact) mass is 449 g/mol. The number of carbonyl (C=O) groups excluding carboxylic acids is 1. The SMILES string of the molecule is O=C(CCc1nc2ccccc2n(Cc2ccc(F)cc2)c1=O)NCc1ccccc1Cl. The minimum atomic E-state index is -0.329.